The number of aliphatic imine (C=N–C) groups is 1. The standard InChI is InChI=1S/C8H17N3O2/c1-2-8(5-12,6-13)11-7-9-3-4-10-7/h12-13H,2-6H2,1H3,(H2,9,10,11). The van der Waals surface area contributed by atoms with Gasteiger partial charge in [-0.15, -0.1) is 0 Å². The first-order valence-electron chi connectivity index (χ1n) is 4.54. The van der Waals surface area contributed by atoms with Crippen molar-refractivity contribution < 1.29 is 10.2 Å². The molecule has 1 heterocycles. The summed E-state index contributed by atoms with van der Waals surface area (Å²) in [7, 11) is 0. The Labute approximate surface area is 77.9 Å². The smallest absolute Gasteiger partial charge is 0.191 e. The maximum atomic E-state index is 9.13. The van der Waals surface area contributed by atoms with Crippen molar-refractivity contribution >= 4 is 5.96 Å². The van der Waals surface area contributed by atoms with Crippen LogP contribution in [0.5, 0.6) is 0 Å². The first-order chi connectivity index (χ1) is 6.26. The van der Waals surface area contributed by atoms with Crippen molar-refractivity contribution in [3.63, 3.8) is 0 Å². The van der Waals surface area contributed by atoms with E-state index in [2.05, 4.69) is 15.6 Å². The summed E-state index contributed by atoms with van der Waals surface area (Å²) in [6.07, 6.45) is 0.653. The van der Waals surface area contributed by atoms with Gasteiger partial charge in [0.1, 0.15) is 0 Å². The molecule has 5 nitrogen and oxygen atoms in total. The molecule has 0 unspecified atom stereocenters. The largest absolute Gasteiger partial charge is 0.394 e. The molecule has 0 atom stereocenters. The molecule has 0 saturated heterocycles. The molecule has 0 aromatic rings. The lowest BCUT2D eigenvalue weighted by atomic mass is 9.99. The van der Waals surface area contributed by atoms with Gasteiger partial charge in [-0.1, -0.05) is 6.92 Å². The van der Waals surface area contributed by atoms with Gasteiger partial charge in [-0.2, -0.15) is 0 Å². The van der Waals surface area contributed by atoms with Crippen LogP contribution < -0.4 is 10.6 Å². The normalized spacial score (nSPS) is 16.7. The van der Waals surface area contributed by atoms with Gasteiger partial charge < -0.3 is 20.8 Å². The number of nitrogens with one attached hydrogen (secondary N) is 2. The molecule has 0 saturated carbocycles. The van der Waals surface area contributed by atoms with Crippen molar-refractivity contribution in [1.82, 2.24) is 10.6 Å². The first-order valence-corrected chi connectivity index (χ1v) is 4.54. The minimum atomic E-state index is -0.643. The summed E-state index contributed by atoms with van der Waals surface area (Å²) in [5, 5.41) is 24.3. The second-order valence-corrected chi connectivity index (χ2v) is 3.23. The summed E-state index contributed by atoms with van der Waals surface area (Å²) in [5.74, 6) is 0.671. The Morgan fingerprint density at radius 1 is 1.54 bits per heavy atom. The molecule has 0 bridgehead atoms. The van der Waals surface area contributed by atoms with E-state index in [0.29, 0.717) is 12.4 Å². The highest BCUT2D eigenvalue weighted by Gasteiger charge is 2.28. The third kappa shape index (κ3) is 2.32. The van der Waals surface area contributed by atoms with E-state index < -0.39 is 5.54 Å². The minimum absolute atomic E-state index is 0.0965. The average molecular weight is 187 g/mol. The third-order valence-electron chi connectivity index (χ3n) is 2.34. The van der Waals surface area contributed by atoms with E-state index in [0.717, 1.165) is 13.1 Å². The molecule has 13 heavy (non-hydrogen) atoms. The Bertz CT molecular complexity index is 182. The Morgan fingerprint density at radius 2 is 2.23 bits per heavy atom. The van der Waals surface area contributed by atoms with Gasteiger partial charge in [-0.25, -0.2) is 0 Å². The highest BCUT2D eigenvalue weighted by Crippen LogP contribution is 2.08. The van der Waals surface area contributed by atoms with Crippen LogP contribution in [0.3, 0.4) is 0 Å². The van der Waals surface area contributed by atoms with Crippen molar-refractivity contribution in [2.24, 2.45) is 4.99 Å². The molecule has 76 valence electrons. The number of hydrogen-bond donors (Lipinski definition) is 4. The molecule has 1 aliphatic heterocycles. The van der Waals surface area contributed by atoms with Crippen LogP contribution >= 0.6 is 0 Å². The number of nitrogens with zero attached hydrogens (tertiary/aromatic N) is 1. The van der Waals surface area contributed by atoms with Crippen LogP contribution in [0.25, 0.3) is 0 Å². The van der Waals surface area contributed by atoms with Crippen LogP contribution in [-0.4, -0.2) is 48.0 Å². The van der Waals surface area contributed by atoms with E-state index in [1.54, 1.807) is 0 Å². The molecule has 1 rings (SSSR count). The monoisotopic (exact) mass is 187 g/mol. The minimum Gasteiger partial charge on any atom is -0.394 e. The van der Waals surface area contributed by atoms with Gasteiger partial charge in [-0.05, 0) is 6.42 Å². The van der Waals surface area contributed by atoms with Crippen LogP contribution in [0.15, 0.2) is 4.99 Å². The number of hydrogen-bond acceptors (Lipinski definition) is 5. The summed E-state index contributed by atoms with van der Waals surface area (Å²) in [4.78, 5) is 4.14. The first kappa shape index (κ1) is 10.3. The lowest BCUT2D eigenvalue weighted by Gasteiger charge is -2.30. The van der Waals surface area contributed by atoms with E-state index in [1.807, 2.05) is 6.92 Å². The topological polar surface area (TPSA) is 76.9 Å². The van der Waals surface area contributed by atoms with Crippen LogP contribution in [0.2, 0.25) is 0 Å². The predicted octanol–water partition coefficient (Wildman–Crippen LogP) is -1.33. The Morgan fingerprint density at radius 3 is 2.62 bits per heavy atom. The van der Waals surface area contributed by atoms with E-state index in [-0.39, 0.29) is 13.2 Å². The second-order valence-electron chi connectivity index (χ2n) is 3.23. The summed E-state index contributed by atoms with van der Waals surface area (Å²) in [6.45, 7) is 3.29. The zero-order valence-corrected chi connectivity index (χ0v) is 7.88. The van der Waals surface area contributed by atoms with Crippen LogP contribution in [0, 0.1) is 0 Å². The number of aliphatic hydroxyl groups is 2. The molecule has 0 fully saturated rings. The second kappa shape index (κ2) is 4.43. The van der Waals surface area contributed by atoms with Gasteiger partial charge in [0, 0.05) is 6.54 Å². The SMILES string of the molecule is CCC(CO)(CO)NC1=NCCN1. The van der Waals surface area contributed by atoms with Gasteiger partial charge in [0.05, 0.1) is 25.3 Å². The quantitative estimate of drug-likeness (QED) is 0.440. The van der Waals surface area contributed by atoms with Crippen LogP contribution in [0.4, 0.5) is 0 Å². The van der Waals surface area contributed by atoms with Gasteiger partial charge >= 0.3 is 0 Å². The van der Waals surface area contributed by atoms with Crippen molar-refractivity contribution in [3.05, 3.63) is 0 Å². The van der Waals surface area contributed by atoms with Crippen LogP contribution in [0.1, 0.15) is 13.3 Å². The Balaban J connectivity index is 2.55. The van der Waals surface area contributed by atoms with E-state index in [9.17, 15) is 0 Å². The molecule has 0 aliphatic carbocycles. The fourth-order valence-electron chi connectivity index (χ4n) is 1.17. The maximum Gasteiger partial charge on any atom is 0.191 e. The van der Waals surface area contributed by atoms with Gasteiger partial charge in [0.2, 0.25) is 0 Å². The predicted molar refractivity (Wildman–Crippen MR) is 50.6 cm³/mol. The Kier molecular flexibility index (Phi) is 3.50. The maximum absolute atomic E-state index is 9.13. The molecule has 0 spiro atoms. The summed E-state index contributed by atoms with van der Waals surface area (Å²) in [5.41, 5.74) is -0.643. The lowest BCUT2D eigenvalue weighted by molar-refractivity contribution is 0.102. The zero-order valence-electron chi connectivity index (χ0n) is 7.88. The summed E-state index contributed by atoms with van der Waals surface area (Å²) in [6, 6.07) is 0. The highest BCUT2D eigenvalue weighted by atomic mass is 16.3. The van der Waals surface area contributed by atoms with E-state index in [1.165, 1.54) is 0 Å². The molecule has 0 aromatic carbocycles. The van der Waals surface area contributed by atoms with E-state index >= 15 is 0 Å². The fraction of sp³-hybridized carbons (Fsp3) is 0.875. The summed E-state index contributed by atoms with van der Waals surface area (Å²) >= 11 is 0. The number of aliphatic hydroxyl groups excluding tert-OH is 2. The number of rotatable bonds is 4. The zero-order chi connectivity index (χ0) is 9.73. The molecule has 5 heteroatoms. The molecular weight excluding hydrogens is 170 g/mol. The Hall–Kier alpha value is -0.810. The highest BCUT2D eigenvalue weighted by molar-refractivity contribution is 5.82. The van der Waals surface area contributed by atoms with Crippen LogP contribution in [-0.2, 0) is 0 Å². The van der Waals surface area contributed by atoms with Crippen molar-refractivity contribution in [2.45, 2.75) is 18.9 Å². The third-order valence-corrected chi connectivity index (χ3v) is 2.34. The average Bonchev–Trinajstić information content (AvgIpc) is 2.67. The molecule has 0 aromatic heterocycles. The molecule has 0 amide bonds. The van der Waals surface area contributed by atoms with Gasteiger partial charge in [0.25, 0.3) is 0 Å². The van der Waals surface area contributed by atoms with Gasteiger partial charge in [-0.3, -0.25) is 4.99 Å². The van der Waals surface area contributed by atoms with E-state index in [4.69, 9.17) is 10.2 Å². The van der Waals surface area contributed by atoms with Crippen molar-refractivity contribution in [3.8, 4) is 0 Å². The number of guanidine groups is 1. The summed E-state index contributed by atoms with van der Waals surface area (Å²) < 4.78 is 0. The molecule has 1 aliphatic rings. The van der Waals surface area contributed by atoms with Crippen molar-refractivity contribution in [2.75, 3.05) is 26.3 Å². The molecule has 0 radical (unpaired) electrons. The van der Waals surface area contributed by atoms with Crippen molar-refractivity contribution in [1.29, 1.82) is 0 Å². The fourth-order valence-corrected chi connectivity index (χ4v) is 1.17. The lowest BCUT2D eigenvalue weighted by Crippen LogP contribution is -2.56. The van der Waals surface area contributed by atoms with Gasteiger partial charge in [0.15, 0.2) is 5.96 Å². The molecule has 4 N–H and O–H groups in total. The molecular formula is C8H17N3O2.